The van der Waals surface area contributed by atoms with Crippen LogP contribution in [0.4, 0.5) is 5.95 Å². The molecule has 0 fully saturated rings. The summed E-state index contributed by atoms with van der Waals surface area (Å²) in [6, 6.07) is 19.4. The predicted octanol–water partition coefficient (Wildman–Crippen LogP) is 4.98. The highest BCUT2D eigenvalue weighted by atomic mass is 15.1. The lowest BCUT2D eigenvalue weighted by atomic mass is 9.78. The molecule has 4 nitrogen and oxygen atoms in total. The van der Waals surface area contributed by atoms with Gasteiger partial charge >= 0.3 is 0 Å². The summed E-state index contributed by atoms with van der Waals surface area (Å²) in [5.41, 5.74) is 6.25. The number of hydrogen-bond donors (Lipinski definition) is 1. The van der Waals surface area contributed by atoms with E-state index in [1.165, 1.54) is 22.3 Å². The first kappa shape index (κ1) is 19.6. The summed E-state index contributed by atoms with van der Waals surface area (Å²) in [6.45, 7) is 8.62. The molecule has 0 aliphatic heterocycles. The maximum atomic E-state index is 4.90. The lowest BCUT2D eigenvalue weighted by molar-refractivity contribution is 0.303. The average molecular weight is 387 g/mol. The molecule has 2 aromatic carbocycles. The van der Waals surface area contributed by atoms with Crippen molar-refractivity contribution in [3.8, 4) is 11.3 Å². The van der Waals surface area contributed by atoms with E-state index in [2.05, 4.69) is 83.6 Å². The zero-order chi connectivity index (χ0) is 20.1. The molecule has 1 N–H and O–H groups in total. The van der Waals surface area contributed by atoms with Gasteiger partial charge in [-0.15, -0.1) is 0 Å². The third kappa shape index (κ3) is 4.33. The van der Waals surface area contributed by atoms with Crippen molar-refractivity contribution in [3.63, 3.8) is 0 Å². The standard InChI is InChI=1S/C25H30N4/c1-3-29(4-2)16-10-15-26-25-27-18-20-17-23(19-11-6-5-7-12-19)21-13-8-9-14-22(21)24(20)28-25/h5-9,11-14,18,23H,3-4,10,15-17H2,1-2H3,(H,26,27,28). The minimum Gasteiger partial charge on any atom is -0.354 e. The molecule has 4 rings (SSSR count). The highest BCUT2D eigenvalue weighted by molar-refractivity contribution is 5.72. The monoisotopic (exact) mass is 386 g/mol. The molecule has 150 valence electrons. The fourth-order valence-corrected chi connectivity index (χ4v) is 4.25. The van der Waals surface area contributed by atoms with E-state index in [-0.39, 0.29) is 0 Å². The van der Waals surface area contributed by atoms with Gasteiger partial charge in [0.05, 0.1) is 5.69 Å². The van der Waals surface area contributed by atoms with Gasteiger partial charge in [0.2, 0.25) is 5.95 Å². The molecule has 0 amide bonds. The van der Waals surface area contributed by atoms with Gasteiger partial charge in [0.25, 0.3) is 0 Å². The zero-order valence-electron chi connectivity index (χ0n) is 17.4. The number of fused-ring (bicyclic) bond motifs is 3. The lowest BCUT2D eigenvalue weighted by Gasteiger charge is -2.27. The fraction of sp³-hybridized carbons (Fsp3) is 0.360. The summed E-state index contributed by atoms with van der Waals surface area (Å²) in [4.78, 5) is 12.0. The Labute approximate surface area is 174 Å². The maximum absolute atomic E-state index is 4.90. The number of aromatic nitrogens is 2. The smallest absolute Gasteiger partial charge is 0.223 e. The van der Waals surface area contributed by atoms with Crippen LogP contribution in [0.15, 0.2) is 60.8 Å². The number of nitrogens with one attached hydrogen (secondary N) is 1. The summed E-state index contributed by atoms with van der Waals surface area (Å²) in [5, 5.41) is 3.42. The van der Waals surface area contributed by atoms with Crippen molar-refractivity contribution < 1.29 is 0 Å². The van der Waals surface area contributed by atoms with Gasteiger partial charge < -0.3 is 10.2 Å². The van der Waals surface area contributed by atoms with E-state index in [1.54, 1.807) is 0 Å². The summed E-state index contributed by atoms with van der Waals surface area (Å²) in [5.74, 6) is 1.09. The van der Waals surface area contributed by atoms with E-state index in [9.17, 15) is 0 Å². The van der Waals surface area contributed by atoms with E-state index < -0.39 is 0 Å². The molecule has 1 atom stereocenters. The van der Waals surface area contributed by atoms with Crippen LogP contribution in [0.1, 0.15) is 42.9 Å². The Kier molecular flexibility index (Phi) is 6.20. The first-order chi connectivity index (χ1) is 14.3. The van der Waals surface area contributed by atoms with Crippen LogP contribution in [0.25, 0.3) is 11.3 Å². The van der Waals surface area contributed by atoms with Crippen LogP contribution in [0, 0.1) is 0 Å². The van der Waals surface area contributed by atoms with E-state index in [1.807, 2.05) is 6.20 Å². The second kappa shape index (κ2) is 9.19. The molecule has 29 heavy (non-hydrogen) atoms. The Morgan fingerprint density at radius 2 is 1.76 bits per heavy atom. The van der Waals surface area contributed by atoms with Gasteiger partial charge in [-0.05, 0) is 49.2 Å². The molecule has 0 saturated heterocycles. The molecule has 1 aliphatic carbocycles. The zero-order valence-corrected chi connectivity index (χ0v) is 17.4. The molecule has 3 aromatic rings. The molecule has 0 spiro atoms. The number of nitrogens with zero attached hydrogens (tertiary/aromatic N) is 3. The summed E-state index contributed by atoms with van der Waals surface area (Å²) < 4.78 is 0. The number of hydrogen-bond acceptors (Lipinski definition) is 4. The van der Waals surface area contributed by atoms with Crippen molar-refractivity contribution in [2.45, 2.75) is 32.6 Å². The second-order valence-electron chi connectivity index (χ2n) is 7.63. The van der Waals surface area contributed by atoms with Gasteiger partial charge in [-0.1, -0.05) is 68.4 Å². The molecule has 1 heterocycles. The van der Waals surface area contributed by atoms with E-state index in [0.29, 0.717) is 5.92 Å². The van der Waals surface area contributed by atoms with Gasteiger partial charge in [-0.3, -0.25) is 0 Å². The topological polar surface area (TPSA) is 41.0 Å². The Morgan fingerprint density at radius 1 is 1.00 bits per heavy atom. The summed E-state index contributed by atoms with van der Waals surface area (Å²) in [7, 11) is 0. The van der Waals surface area contributed by atoms with Gasteiger partial charge in [0, 0.05) is 24.2 Å². The summed E-state index contributed by atoms with van der Waals surface area (Å²) >= 11 is 0. The third-order valence-electron chi connectivity index (χ3n) is 5.91. The Balaban J connectivity index is 1.53. The molecule has 0 radical (unpaired) electrons. The maximum Gasteiger partial charge on any atom is 0.223 e. The SMILES string of the molecule is CCN(CC)CCCNc1ncc2c(n1)-c1ccccc1C(c1ccccc1)C2. The largest absolute Gasteiger partial charge is 0.354 e. The lowest BCUT2D eigenvalue weighted by Crippen LogP contribution is -2.25. The van der Waals surface area contributed by atoms with Crippen molar-refractivity contribution in [2.75, 3.05) is 31.5 Å². The Hall–Kier alpha value is -2.72. The molecule has 1 unspecified atom stereocenters. The van der Waals surface area contributed by atoms with Crippen LogP contribution >= 0.6 is 0 Å². The van der Waals surface area contributed by atoms with Gasteiger partial charge in [0.15, 0.2) is 0 Å². The van der Waals surface area contributed by atoms with Crippen molar-refractivity contribution in [3.05, 3.63) is 77.5 Å². The van der Waals surface area contributed by atoms with Crippen LogP contribution < -0.4 is 5.32 Å². The quantitative estimate of drug-likeness (QED) is 0.555. The molecule has 4 heteroatoms. The van der Waals surface area contributed by atoms with Gasteiger partial charge in [-0.2, -0.15) is 0 Å². The highest BCUT2D eigenvalue weighted by Gasteiger charge is 2.27. The van der Waals surface area contributed by atoms with Crippen molar-refractivity contribution >= 4 is 5.95 Å². The molecule has 0 bridgehead atoms. The van der Waals surface area contributed by atoms with Crippen molar-refractivity contribution in [1.29, 1.82) is 0 Å². The molecular formula is C25H30N4. The van der Waals surface area contributed by atoms with Crippen molar-refractivity contribution in [1.82, 2.24) is 14.9 Å². The fourth-order valence-electron chi connectivity index (χ4n) is 4.25. The van der Waals surface area contributed by atoms with Crippen molar-refractivity contribution in [2.24, 2.45) is 0 Å². The van der Waals surface area contributed by atoms with Crippen LogP contribution in [0.2, 0.25) is 0 Å². The molecular weight excluding hydrogens is 356 g/mol. The molecule has 1 aliphatic rings. The van der Waals surface area contributed by atoms with Crippen LogP contribution in [0.3, 0.4) is 0 Å². The normalized spacial score (nSPS) is 15.1. The van der Waals surface area contributed by atoms with Gasteiger partial charge in [0.1, 0.15) is 0 Å². The highest BCUT2D eigenvalue weighted by Crippen LogP contribution is 2.41. The minimum absolute atomic E-state index is 0.358. The van der Waals surface area contributed by atoms with Gasteiger partial charge in [-0.25, -0.2) is 9.97 Å². The third-order valence-corrected chi connectivity index (χ3v) is 5.91. The molecule has 1 aromatic heterocycles. The van der Waals surface area contributed by atoms with Crippen LogP contribution in [0.5, 0.6) is 0 Å². The molecule has 0 saturated carbocycles. The van der Waals surface area contributed by atoms with E-state index >= 15 is 0 Å². The minimum atomic E-state index is 0.358. The Morgan fingerprint density at radius 3 is 2.55 bits per heavy atom. The van der Waals surface area contributed by atoms with E-state index in [0.717, 1.165) is 50.7 Å². The second-order valence-corrected chi connectivity index (χ2v) is 7.63. The number of anilines is 1. The average Bonchev–Trinajstić information content (AvgIpc) is 2.79. The summed E-state index contributed by atoms with van der Waals surface area (Å²) in [6.07, 6.45) is 4.05. The number of benzene rings is 2. The first-order valence-electron chi connectivity index (χ1n) is 10.8. The Bertz CT molecular complexity index is 935. The van der Waals surface area contributed by atoms with E-state index in [4.69, 9.17) is 4.98 Å². The predicted molar refractivity (Wildman–Crippen MR) is 120 cm³/mol. The first-order valence-corrected chi connectivity index (χ1v) is 10.8. The van der Waals surface area contributed by atoms with Crippen LogP contribution in [-0.2, 0) is 6.42 Å². The van der Waals surface area contributed by atoms with Crippen LogP contribution in [-0.4, -0.2) is 41.0 Å². The number of rotatable bonds is 8.